The van der Waals surface area contributed by atoms with Gasteiger partial charge in [0.2, 0.25) is 11.0 Å². The van der Waals surface area contributed by atoms with Crippen LogP contribution in [-0.2, 0) is 4.79 Å². The Morgan fingerprint density at radius 2 is 2.43 bits per heavy atom. The van der Waals surface area contributed by atoms with Gasteiger partial charge in [0, 0.05) is 19.0 Å². The first-order chi connectivity index (χ1) is 6.68. The average Bonchev–Trinajstić information content (AvgIpc) is 2.55. The molecule has 0 unspecified atom stereocenters. The lowest BCUT2D eigenvalue weighted by Gasteiger charge is -2.07. The molecule has 0 bridgehead atoms. The van der Waals surface area contributed by atoms with Crippen molar-refractivity contribution in [2.75, 3.05) is 11.9 Å². The molecule has 0 aromatic carbocycles. The van der Waals surface area contributed by atoms with Crippen LogP contribution in [0, 0.1) is 0 Å². The Labute approximate surface area is 86.9 Å². The number of aromatic nitrogens is 2. The quantitative estimate of drug-likeness (QED) is 0.763. The number of anilines is 1. The molecule has 1 heterocycles. The standard InChI is InChI=1S/C8H14N4OS/c1-6(2)11-7(13)3-4-9-8-12-10-5-14-8/h5-6H,3-4H2,1-2H3,(H,9,12)(H,11,13). The van der Waals surface area contributed by atoms with Crippen molar-refractivity contribution in [3.8, 4) is 0 Å². The minimum absolute atomic E-state index is 0.0528. The van der Waals surface area contributed by atoms with E-state index < -0.39 is 0 Å². The molecule has 0 aliphatic heterocycles. The Kier molecular flexibility index (Phi) is 4.31. The van der Waals surface area contributed by atoms with Gasteiger partial charge < -0.3 is 10.6 Å². The Hall–Kier alpha value is -1.17. The SMILES string of the molecule is CC(C)NC(=O)CCNc1nncs1. The van der Waals surface area contributed by atoms with Crippen LogP contribution in [0.1, 0.15) is 20.3 Å². The molecule has 1 aromatic rings. The first-order valence-electron chi connectivity index (χ1n) is 4.48. The molecule has 2 N–H and O–H groups in total. The van der Waals surface area contributed by atoms with E-state index in [4.69, 9.17) is 0 Å². The topological polar surface area (TPSA) is 66.9 Å². The summed E-state index contributed by atoms with van der Waals surface area (Å²) in [5.74, 6) is 0.0528. The summed E-state index contributed by atoms with van der Waals surface area (Å²) in [5.41, 5.74) is 1.65. The Morgan fingerprint density at radius 1 is 1.64 bits per heavy atom. The lowest BCUT2D eigenvalue weighted by atomic mass is 10.3. The first-order valence-corrected chi connectivity index (χ1v) is 5.36. The largest absolute Gasteiger partial charge is 0.360 e. The van der Waals surface area contributed by atoms with Gasteiger partial charge in [-0.3, -0.25) is 4.79 Å². The first kappa shape index (κ1) is 10.9. The number of nitrogens with one attached hydrogen (secondary N) is 2. The molecule has 6 heteroatoms. The zero-order chi connectivity index (χ0) is 10.4. The third kappa shape index (κ3) is 4.18. The van der Waals surface area contributed by atoms with Gasteiger partial charge in [-0.15, -0.1) is 10.2 Å². The van der Waals surface area contributed by atoms with E-state index in [-0.39, 0.29) is 11.9 Å². The molecule has 0 spiro atoms. The van der Waals surface area contributed by atoms with E-state index in [1.807, 2.05) is 13.8 Å². The van der Waals surface area contributed by atoms with Crippen LogP contribution >= 0.6 is 11.3 Å². The minimum atomic E-state index is 0.0528. The molecule has 0 aliphatic rings. The van der Waals surface area contributed by atoms with E-state index in [0.717, 1.165) is 5.13 Å². The summed E-state index contributed by atoms with van der Waals surface area (Å²) in [6.45, 7) is 4.47. The summed E-state index contributed by atoms with van der Waals surface area (Å²) in [5, 5.41) is 14.0. The van der Waals surface area contributed by atoms with E-state index in [1.165, 1.54) is 11.3 Å². The Balaban J connectivity index is 2.12. The maximum atomic E-state index is 11.2. The predicted octanol–water partition coefficient (Wildman–Crippen LogP) is 0.865. The third-order valence-corrected chi connectivity index (χ3v) is 2.09. The fraction of sp³-hybridized carbons (Fsp3) is 0.625. The summed E-state index contributed by atoms with van der Waals surface area (Å²) in [4.78, 5) is 11.2. The third-order valence-electron chi connectivity index (χ3n) is 1.44. The molecular formula is C8H14N4OS. The van der Waals surface area contributed by atoms with Gasteiger partial charge in [0.15, 0.2) is 0 Å². The van der Waals surface area contributed by atoms with Crippen LogP contribution in [0.4, 0.5) is 5.13 Å². The van der Waals surface area contributed by atoms with Crippen LogP contribution in [0.15, 0.2) is 5.51 Å². The second-order valence-corrected chi connectivity index (χ2v) is 3.98. The minimum Gasteiger partial charge on any atom is -0.360 e. The average molecular weight is 214 g/mol. The van der Waals surface area contributed by atoms with Crippen molar-refractivity contribution in [1.29, 1.82) is 0 Å². The molecule has 5 nitrogen and oxygen atoms in total. The summed E-state index contributed by atoms with van der Waals surface area (Å²) in [6, 6.07) is 0.198. The van der Waals surface area contributed by atoms with Crippen molar-refractivity contribution < 1.29 is 4.79 Å². The zero-order valence-corrected chi connectivity index (χ0v) is 9.10. The van der Waals surface area contributed by atoms with Crippen molar-refractivity contribution in [2.24, 2.45) is 0 Å². The van der Waals surface area contributed by atoms with Crippen molar-refractivity contribution in [3.05, 3.63) is 5.51 Å². The maximum absolute atomic E-state index is 11.2. The number of carbonyl (C=O) groups excluding carboxylic acids is 1. The van der Waals surface area contributed by atoms with Crippen molar-refractivity contribution in [3.63, 3.8) is 0 Å². The van der Waals surface area contributed by atoms with Crippen LogP contribution in [0.3, 0.4) is 0 Å². The molecular weight excluding hydrogens is 200 g/mol. The highest BCUT2D eigenvalue weighted by molar-refractivity contribution is 7.13. The predicted molar refractivity (Wildman–Crippen MR) is 56.3 cm³/mol. The highest BCUT2D eigenvalue weighted by Gasteiger charge is 2.02. The zero-order valence-electron chi connectivity index (χ0n) is 8.28. The highest BCUT2D eigenvalue weighted by atomic mass is 32.1. The highest BCUT2D eigenvalue weighted by Crippen LogP contribution is 2.06. The summed E-state index contributed by atoms with van der Waals surface area (Å²) < 4.78 is 0. The van der Waals surface area contributed by atoms with E-state index in [1.54, 1.807) is 5.51 Å². The molecule has 1 rings (SSSR count). The van der Waals surface area contributed by atoms with Gasteiger partial charge in [0.25, 0.3) is 0 Å². The second kappa shape index (κ2) is 5.54. The van der Waals surface area contributed by atoms with Gasteiger partial charge in [-0.25, -0.2) is 0 Å². The normalized spacial score (nSPS) is 10.2. The number of nitrogens with zero attached hydrogens (tertiary/aromatic N) is 2. The summed E-state index contributed by atoms with van der Waals surface area (Å²) in [7, 11) is 0. The molecule has 0 fully saturated rings. The van der Waals surface area contributed by atoms with Crippen molar-refractivity contribution in [2.45, 2.75) is 26.3 Å². The number of hydrogen-bond acceptors (Lipinski definition) is 5. The van der Waals surface area contributed by atoms with Crippen LogP contribution in [0.25, 0.3) is 0 Å². The van der Waals surface area contributed by atoms with Gasteiger partial charge in [-0.2, -0.15) is 0 Å². The number of carbonyl (C=O) groups is 1. The summed E-state index contributed by atoms with van der Waals surface area (Å²) in [6.07, 6.45) is 0.456. The van der Waals surface area contributed by atoms with Crippen LogP contribution in [0.5, 0.6) is 0 Å². The van der Waals surface area contributed by atoms with Crippen LogP contribution in [0.2, 0.25) is 0 Å². The van der Waals surface area contributed by atoms with Gasteiger partial charge >= 0.3 is 0 Å². The lowest BCUT2D eigenvalue weighted by molar-refractivity contribution is -0.121. The van der Waals surface area contributed by atoms with Gasteiger partial charge in [-0.05, 0) is 13.8 Å². The summed E-state index contributed by atoms with van der Waals surface area (Å²) >= 11 is 1.42. The molecule has 0 atom stereocenters. The van der Waals surface area contributed by atoms with E-state index >= 15 is 0 Å². The van der Waals surface area contributed by atoms with E-state index in [2.05, 4.69) is 20.8 Å². The molecule has 0 radical (unpaired) electrons. The fourth-order valence-electron chi connectivity index (χ4n) is 0.927. The molecule has 1 aromatic heterocycles. The lowest BCUT2D eigenvalue weighted by Crippen LogP contribution is -2.31. The number of rotatable bonds is 5. The molecule has 0 saturated heterocycles. The Morgan fingerprint density at radius 3 is 3.00 bits per heavy atom. The molecule has 0 saturated carbocycles. The van der Waals surface area contributed by atoms with Crippen LogP contribution in [-0.4, -0.2) is 28.7 Å². The molecule has 78 valence electrons. The number of hydrogen-bond donors (Lipinski definition) is 2. The maximum Gasteiger partial charge on any atom is 0.221 e. The van der Waals surface area contributed by atoms with E-state index in [9.17, 15) is 4.79 Å². The molecule has 1 amide bonds. The van der Waals surface area contributed by atoms with Crippen LogP contribution < -0.4 is 10.6 Å². The molecule has 14 heavy (non-hydrogen) atoms. The Bertz CT molecular complexity index is 273. The van der Waals surface area contributed by atoms with Crippen molar-refractivity contribution in [1.82, 2.24) is 15.5 Å². The fourth-order valence-corrected chi connectivity index (χ4v) is 1.40. The smallest absolute Gasteiger partial charge is 0.221 e. The second-order valence-electron chi connectivity index (χ2n) is 3.14. The van der Waals surface area contributed by atoms with Gasteiger partial charge in [-0.1, -0.05) is 11.3 Å². The van der Waals surface area contributed by atoms with Gasteiger partial charge in [0.1, 0.15) is 5.51 Å². The molecule has 0 aliphatic carbocycles. The monoisotopic (exact) mass is 214 g/mol. The van der Waals surface area contributed by atoms with E-state index in [0.29, 0.717) is 13.0 Å². The number of amides is 1. The van der Waals surface area contributed by atoms with Crippen molar-refractivity contribution >= 4 is 22.4 Å². The van der Waals surface area contributed by atoms with Gasteiger partial charge in [0.05, 0.1) is 0 Å².